The number of halogens is 1. The fourth-order valence-corrected chi connectivity index (χ4v) is 4.73. The third-order valence-electron chi connectivity index (χ3n) is 6.37. The van der Waals surface area contributed by atoms with Gasteiger partial charge in [0.1, 0.15) is 5.69 Å². The predicted molar refractivity (Wildman–Crippen MR) is 114 cm³/mol. The molecule has 4 rings (SSSR count). The van der Waals surface area contributed by atoms with Crippen LogP contribution in [0.5, 0.6) is 0 Å². The summed E-state index contributed by atoms with van der Waals surface area (Å²) in [7, 11) is 0. The third-order valence-corrected chi connectivity index (χ3v) is 6.59. The highest BCUT2D eigenvalue weighted by Gasteiger charge is 2.58. The predicted octanol–water partition coefficient (Wildman–Crippen LogP) is 1.08. The molecule has 0 bridgehead atoms. The summed E-state index contributed by atoms with van der Waals surface area (Å²) in [6.45, 7) is 9.20. The summed E-state index contributed by atoms with van der Waals surface area (Å²) < 4.78 is 5.71. The fourth-order valence-electron chi connectivity index (χ4n) is 4.61. The molecule has 3 aliphatic heterocycles. The highest BCUT2D eigenvalue weighted by molar-refractivity contribution is 6.30. The Hall–Kier alpha value is -2.23. The number of fused-ring (bicyclic) bond motifs is 1. The van der Waals surface area contributed by atoms with Crippen LogP contribution in [0.1, 0.15) is 24.3 Å². The van der Waals surface area contributed by atoms with Crippen LogP contribution in [0.25, 0.3) is 0 Å². The molecule has 31 heavy (non-hydrogen) atoms. The molecule has 3 aliphatic rings. The third kappa shape index (κ3) is 4.83. The smallest absolute Gasteiger partial charge is 0.290 e. The van der Waals surface area contributed by atoms with E-state index in [9.17, 15) is 9.59 Å². The summed E-state index contributed by atoms with van der Waals surface area (Å²) in [6.07, 6.45) is 1.48. The molecule has 9 nitrogen and oxygen atoms in total. The van der Waals surface area contributed by atoms with Crippen molar-refractivity contribution in [1.82, 2.24) is 19.7 Å². The maximum absolute atomic E-state index is 13.5. The van der Waals surface area contributed by atoms with Gasteiger partial charge in [-0.15, -0.1) is 0 Å². The van der Waals surface area contributed by atoms with Crippen molar-refractivity contribution in [3.8, 4) is 0 Å². The molecule has 0 saturated carbocycles. The molecule has 1 aromatic heterocycles. The molecule has 1 aromatic rings. The lowest BCUT2D eigenvalue weighted by atomic mass is 9.79. The van der Waals surface area contributed by atoms with Gasteiger partial charge in [-0.2, -0.15) is 0 Å². The molecule has 0 aliphatic carbocycles. The van der Waals surface area contributed by atoms with E-state index in [1.54, 1.807) is 17.0 Å². The molecule has 0 aromatic carbocycles. The first kappa shape index (κ1) is 23.4. The number of nitrogens with zero attached hydrogens (tertiary/aromatic N) is 4. The normalized spacial score (nSPS) is 25.7. The summed E-state index contributed by atoms with van der Waals surface area (Å²) in [5.74, 6) is 0.0278. The van der Waals surface area contributed by atoms with Crippen molar-refractivity contribution >= 4 is 29.9 Å². The van der Waals surface area contributed by atoms with Crippen LogP contribution in [0, 0.1) is 11.3 Å². The Balaban J connectivity index is 0.000000858. The Kier molecular flexibility index (Phi) is 7.51. The SMILES string of the molecule is CC(C)N1CCN(C(=O)[C@]23COC[C@H]2CN(C(=O)c2ccc(Cl)cn2)C3)CC1.O=CO. The van der Waals surface area contributed by atoms with Crippen LogP contribution in [0.2, 0.25) is 5.02 Å². The second-order valence-corrected chi connectivity index (χ2v) is 8.88. The number of aromatic nitrogens is 1. The van der Waals surface area contributed by atoms with Crippen LogP contribution in [0.15, 0.2) is 18.3 Å². The standard InChI is InChI=1S/C20H27ClN4O3.CH2O2/c1-14(2)23-5-7-24(8-6-23)19(27)20-12-25(10-15(20)11-28-13-20)18(26)17-4-3-16(21)9-22-17;2-1-3/h3-4,9,14-15H,5-8,10-13H2,1-2H3;1H,(H,2,3)/t15-,20-;/m1./s1. The maximum atomic E-state index is 13.5. The van der Waals surface area contributed by atoms with Crippen LogP contribution in [0.4, 0.5) is 0 Å². The number of carbonyl (C=O) groups excluding carboxylic acids is 2. The van der Waals surface area contributed by atoms with Gasteiger partial charge in [0.05, 0.1) is 23.7 Å². The van der Waals surface area contributed by atoms with Crippen molar-refractivity contribution in [2.45, 2.75) is 19.9 Å². The monoisotopic (exact) mass is 452 g/mol. The molecule has 3 saturated heterocycles. The van der Waals surface area contributed by atoms with E-state index in [-0.39, 0.29) is 24.2 Å². The van der Waals surface area contributed by atoms with Gasteiger partial charge in [-0.3, -0.25) is 19.3 Å². The second-order valence-electron chi connectivity index (χ2n) is 8.44. The molecule has 0 unspecified atom stereocenters. The first-order chi connectivity index (χ1) is 14.8. The van der Waals surface area contributed by atoms with E-state index in [1.165, 1.54) is 6.20 Å². The van der Waals surface area contributed by atoms with E-state index < -0.39 is 5.41 Å². The van der Waals surface area contributed by atoms with Crippen molar-refractivity contribution < 1.29 is 24.2 Å². The van der Waals surface area contributed by atoms with Crippen molar-refractivity contribution in [3.05, 3.63) is 29.0 Å². The van der Waals surface area contributed by atoms with E-state index in [0.717, 1.165) is 26.2 Å². The average Bonchev–Trinajstić information content (AvgIpc) is 3.32. The number of carbonyl (C=O) groups is 3. The van der Waals surface area contributed by atoms with Crippen molar-refractivity contribution in [2.24, 2.45) is 11.3 Å². The van der Waals surface area contributed by atoms with E-state index in [0.29, 0.717) is 43.1 Å². The zero-order chi connectivity index (χ0) is 22.6. The maximum Gasteiger partial charge on any atom is 0.290 e. The Labute approximate surface area is 186 Å². The molecule has 170 valence electrons. The number of likely N-dealkylation sites (tertiary alicyclic amines) is 1. The molecule has 2 amide bonds. The minimum Gasteiger partial charge on any atom is -0.483 e. The minimum absolute atomic E-state index is 0.0411. The number of hydrogen-bond donors (Lipinski definition) is 1. The molecule has 10 heteroatoms. The summed E-state index contributed by atoms with van der Waals surface area (Å²) in [4.78, 5) is 45.0. The quantitative estimate of drug-likeness (QED) is 0.684. The van der Waals surface area contributed by atoms with Crippen LogP contribution in [-0.4, -0.2) is 102 Å². The minimum atomic E-state index is -0.623. The lowest BCUT2D eigenvalue weighted by Crippen LogP contribution is -2.56. The van der Waals surface area contributed by atoms with Gasteiger partial charge in [0.15, 0.2) is 0 Å². The van der Waals surface area contributed by atoms with E-state index in [1.807, 2.05) is 4.90 Å². The molecule has 2 atom stereocenters. The molecule has 4 heterocycles. The lowest BCUT2D eigenvalue weighted by molar-refractivity contribution is -0.144. The largest absolute Gasteiger partial charge is 0.483 e. The van der Waals surface area contributed by atoms with Crippen molar-refractivity contribution in [1.29, 1.82) is 0 Å². The van der Waals surface area contributed by atoms with E-state index in [2.05, 4.69) is 23.7 Å². The van der Waals surface area contributed by atoms with Crippen LogP contribution < -0.4 is 0 Å². The Morgan fingerprint density at radius 1 is 1.26 bits per heavy atom. The van der Waals surface area contributed by atoms with E-state index in [4.69, 9.17) is 26.2 Å². The first-order valence-electron chi connectivity index (χ1n) is 10.4. The molecule has 3 fully saturated rings. The van der Waals surface area contributed by atoms with Crippen LogP contribution in [0.3, 0.4) is 0 Å². The summed E-state index contributed by atoms with van der Waals surface area (Å²) in [5, 5.41) is 7.38. The highest BCUT2D eigenvalue weighted by atomic mass is 35.5. The van der Waals surface area contributed by atoms with Gasteiger partial charge in [-0.1, -0.05) is 11.6 Å². The van der Waals surface area contributed by atoms with Gasteiger partial charge in [0, 0.05) is 57.4 Å². The number of rotatable bonds is 3. The van der Waals surface area contributed by atoms with Crippen LogP contribution >= 0.6 is 11.6 Å². The summed E-state index contributed by atoms with van der Waals surface area (Å²) in [6, 6.07) is 3.79. The van der Waals surface area contributed by atoms with Crippen molar-refractivity contribution in [3.63, 3.8) is 0 Å². The number of amides is 2. The van der Waals surface area contributed by atoms with Gasteiger partial charge in [0.2, 0.25) is 5.91 Å². The van der Waals surface area contributed by atoms with Gasteiger partial charge in [0.25, 0.3) is 12.4 Å². The molecule has 1 N–H and O–H groups in total. The lowest BCUT2D eigenvalue weighted by Gasteiger charge is -2.40. The summed E-state index contributed by atoms with van der Waals surface area (Å²) >= 11 is 5.88. The number of pyridine rings is 1. The zero-order valence-corrected chi connectivity index (χ0v) is 18.6. The second kappa shape index (κ2) is 9.93. The number of ether oxygens (including phenoxy) is 1. The Bertz CT molecular complexity index is 797. The Morgan fingerprint density at radius 2 is 1.94 bits per heavy atom. The number of carboxylic acid groups (broad SMARTS) is 1. The molecular formula is C21H29ClN4O5. The number of piperazine rings is 1. The van der Waals surface area contributed by atoms with Gasteiger partial charge < -0.3 is 19.6 Å². The van der Waals surface area contributed by atoms with Crippen molar-refractivity contribution in [2.75, 3.05) is 52.5 Å². The average molecular weight is 453 g/mol. The topological polar surface area (TPSA) is 103 Å². The summed E-state index contributed by atoms with van der Waals surface area (Å²) in [5.41, 5.74) is -0.263. The Morgan fingerprint density at radius 3 is 2.52 bits per heavy atom. The van der Waals surface area contributed by atoms with Gasteiger partial charge in [-0.05, 0) is 26.0 Å². The fraction of sp³-hybridized carbons (Fsp3) is 0.619. The highest BCUT2D eigenvalue weighted by Crippen LogP contribution is 2.43. The zero-order valence-electron chi connectivity index (χ0n) is 17.9. The molecule has 0 radical (unpaired) electrons. The van der Waals surface area contributed by atoms with Crippen LogP contribution in [-0.2, 0) is 14.3 Å². The van der Waals surface area contributed by atoms with Gasteiger partial charge >= 0.3 is 0 Å². The molecular weight excluding hydrogens is 424 g/mol. The number of hydrogen-bond acceptors (Lipinski definition) is 6. The van der Waals surface area contributed by atoms with E-state index >= 15 is 0 Å². The first-order valence-corrected chi connectivity index (χ1v) is 10.8. The van der Waals surface area contributed by atoms with Gasteiger partial charge in [-0.25, -0.2) is 4.98 Å². The molecule has 0 spiro atoms.